The summed E-state index contributed by atoms with van der Waals surface area (Å²) < 4.78 is 11.7. The second kappa shape index (κ2) is 9.82. The summed E-state index contributed by atoms with van der Waals surface area (Å²) in [6.07, 6.45) is 1.57. The highest BCUT2D eigenvalue weighted by molar-refractivity contribution is 9.10. The summed E-state index contributed by atoms with van der Waals surface area (Å²) in [5, 5.41) is 13.4. The van der Waals surface area contributed by atoms with E-state index in [4.69, 9.17) is 21.1 Å². The van der Waals surface area contributed by atoms with Gasteiger partial charge in [-0.25, -0.2) is 0 Å². The number of aromatic hydroxyl groups is 1. The number of nitrogens with zero attached hydrogens (tertiary/aromatic N) is 1. The number of amidine groups is 1. The van der Waals surface area contributed by atoms with Crippen LogP contribution in [0.2, 0.25) is 0 Å². The van der Waals surface area contributed by atoms with Gasteiger partial charge in [0.1, 0.15) is 27.6 Å². The van der Waals surface area contributed by atoms with Gasteiger partial charge in [-0.05, 0) is 72.1 Å². The number of ether oxygens (including phenoxy) is 2. The van der Waals surface area contributed by atoms with Crippen LogP contribution in [0.5, 0.6) is 17.2 Å². The molecule has 144 valence electrons. The number of rotatable bonds is 9. The third kappa shape index (κ3) is 5.62. The quantitative estimate of drug-likeness (QED) is 0.139. The molecule has 0 bridgehead atoms. The fraction of sp³-hybridized carbons (Fsp3) is 0.263. The zero-order valence-electron chi connectivity index (χ0n) is 14.9. The maximum absolute atomic E-state index is 11.4. The van der Waals surface area contributed by atoms with Gasteiger partial charge < -0.3 is 26.2 Å². The molecule has 2 aromatic carbocycles. The van der Waals surface area contributed by atoms with Crippen LogP contribution in [0.1, 0.15) is 35.7 Å². The number of unbranched alkanes of at least 4 members (excludes halogenated alkanes) is 1. The zero-order chi connectivity index (χ0) is 19.8. The molecular formula is C19H22BrN3O4. The molecule has 0 aliphatic heterocycles. The Labute approximate surface area is 166 Å². The number of hydrazone groups is 1. The van der Waals surface area contributed by atoms with Crippen LogP contribution in [0.4, 0.5) is 0 Å². The van der Waals surface area contributed by atoms with Crippen LogP contribution >= 0.6 is 15.9 Å². The molecule has 0 aliphatic rings. The van der Waals surface area contributed by atoms with E-state index < -0.39 is 0 Å². The summed E-state index contributed by atoms with van der Waals surface area (Å²) in [6.45, 7) is 2.40. The van der Waals surface area contributed by atoms with Gasteiger partial charge in [0.2, 0.25) is 0 Å². The van der Waals surface area contributed by atoms with Crippen molar-refractivity contribution < 1.29 is 19.4 Å². The van der Waals surface area contributed by atoms with E-state index in [1.807, 2.05) is 0 Å². The van der Waals surface area contributed by atoms with Gasteiger partial charge in [0.15, 0.2) is 5.78 Å². The molecule has 2 rings (SSSR count). The Balaban J connectivity index is 1.73. The van der Waals surface area contributed by atoms with Gasteiger partial charge in [-0.2, -0.15) is 5.10 Å². The van der Waals surface area contributed by atoms with Gasteiger partial charge in [-0.15, -0.1) is 0 Å². The molecule has 7 nitrogen and oxygen atoms in total. The minimum absolute atomic E-state index is 0.105. The molecule has 0 spiro atoms. The van der Waals surface area contributed by atoms with Crippen molar-refractivity contribution >= 4 is 27.5 Å². The Hall–Kier alpha value is -2.74. The molecular weight excluding hydrogens is 414 g/mol. The summed E-state index contributed by atoms with van der Waals surface area (Å²) in [4.78, 5) is 11.4. The van der Waals surface area contributed by atoms with E-state index in [1.54, 1.807) is 36.4 Å². The molecule has 0 saturated carbocycles. The first-order valence-electron chi connectivity index (χ1n) is 8.35. The average molecular weight is 436 g/mol. The second-order valence-electron chi connectivity index (χ2n) is 5.77. The molecule has 5 N–H and O–H groups in total. The number of carbonyl (C=O) groups is 1. The normalized spacial score (nSPS) is 11.3. The van der Waals surface area contributed by atoms with Crippen LogP contribution in [0, 0.1) is 0 Å². The van der Waals surface area contributed by atoms with Crippen LogP contribution in [0.3, 0.4) is 0 Å². The van der Waals surface area contributed by atoms with Crippen molar-refractivity contribution in [3.05, 3.63) is 52.0 Å². The number of hydrogen-bond acceptors (Lipinski definition) is 6. The molecule has 0 aromatic heterocycles. The van der Waals surface area contributed by atoms with Crippen molar-refractivity contribution in [1.29, 1.82) is 0 Å². The monoisotopic (exact) mass is 435 g/mol. The lowest BCUT2D eigenvalue weighted by atomic mass is 10.1. The third-order valence-electron chi connectivity index (χ3n) is 3.81. The summed E-state index contributed by atoms with van der Waals surface area (Å²) in [5.41, 5.74) is 6.62. The Morgan fingerprint density at radius 3 is 2.33 bits per heavy atom. The predicted molar refractivity (Wildman–Crippen MR) is 107 cm³/mol. The molecule has 0 saturated heterocycles. The van der Waals surface area contributed by atoms with Gasteiger partial charge in [0.25, 0.3) is 0 Å². The van der Waals surface area contributed by atoms with E-state index in [9.17, 15) is 9.90 Å². The van der Waals surface area contributed by atoms with E-state index in [0.29, 0.717) is 23.4 Å². The number of ketones is 1. The number of benzene rings is 2. The smallest absolute Gasteiger partial charge is 0.163 e. The fourth-order valence-electron chi connectivity index (χ4n) is 2.31. The van der Waals surface area contributed by atoms with Crippen LogP contribution in [-0.2, 0) is 0 Å². The van der Waals surface area contributed by atoms with Crippen molar-refractivity contribution in [1.82, 2.24) is 0 Å². The SMILES string of the molecule is CC(=O)c1ccc(OCCCCOc2ccc(/C(N)=N/N)cc2)c(Br)c1O. The van der Waals surface area contributed by atoms with Crippen LogP contribution in [0.25, 0.3) is 0 Å². The lowest BCUT2D eigenvalue weighted by Crippen LogP contribution is -2.15. The summed E-state index contributed by atoms with van der Waals surface area (Å²) >= 11 is 3.26. The van der Waals surface area contributed by atoms with Gasteiger partial charge in [0.05, 0.1) is 18.8 Å². The minimum atomic E-state index is -0.206. The Morgan fingerprint density at radius 2 is 1.74 bits per heavy atom. The van der Waals surface area contributed by atoms with Crippen LogP contribution in [0.15, 0.2) is 46.0 Å². The first kappa shape index (κ1) is 20.6. The molecule has 0 fully saturated rings. The highest BCUT2D eigenvalue weighted by Gasteiger charge is 2.14. The van der Waals surface area contributed by atoms with Gasteiger partial charge in [-0.3, -0.25) is 4.79 Å². The van der Waals surface area contributed by atoms with E-state index in [0.717, 1.165) is 24.2 Å². The maximum Gasteiger partial charge on any atom is 0.163 e. The molecule has 27 heavy (non-hydrogen) atoms. The Bertz CT molecular complexity index is 822. The van der Waals surface area contributed by atoms with E-state index >= 15 is 0 Å². The first-order chi connectivity index (χ1) is 12.9. The van der Waals surface area contributed by atoms with Crippen LogP contribution < -0.4 is 21.1 Å². The zero-order valence-corrected chi connectivity index (χ0v) is 16.5. The van der Waals surface area contributed by atoms with E-state index in [1.165, 1.54) is 6.92 Å². The molecule has 0 amide bonds. The Kier molecular flexibility index (Phi) is 7.48. The number of hydrogen-bond donors (Lipinski definition) is 3. The number of halogens is 1. The van der Waals surface area contributed by atoms with E-state index in [-0.39, 0.29) is 22.9 Å². The molecule has 2 aromatic rings. The molecule has 8 heteroatoms. The first-order valence-corrected chi connectivity index (χ1v) is 9.15. The number of Topliss-reactive ketones (excluding diaryl/α,β-unsaturated/α-hetero) is 1. The van der Waals surface area contributed by atoms with Crippen molar-refractivity contribution in [3.8, 4) is 17.2 Å². The van der Waals surface area contributed by atoms with Gasteiger partial charge in [-0.1, -0.05) is 0 Å². The van der Waals surface area contributed by atoms with Gasteiger partial charge >= 0.3 is 0 Å². The second-order valence-corrected chi connectivity index (χ2v) is 6.57. The predicted octanol–water partition coefficient (Wildman–Crippen LogP) is 3.17. The van der Waals surface area contributed by atoms with Crippen molar-refractivity contribution in [2.45, 2.75) is 19.8 Å². The molecule has 0 unspecified atom stereocenters. The minimum Gasteiger partial charge on any atom is -0.506 e. The highest BCUT2D eigenvalue weighted by Crippen LogP contribution is 2.36. The number of carbonyl (C=O) groups excluding carboxylic acids is 1. The van der Waals surface area contributed by atoms with Crippen molar-refractivity contribution in [2.75, 3.05) is 13.2 Å². The molecule has 0 heterocycles. The third-order valence-corrected chi connectivity index (χ3v) is 4.58. The Morgan fingerprint density at radius 1 is 1.11 bits per heavy atom. The number of phenols is 1. The largest absolute Gasteiger partial charge is 0.506 e. The lowest BCUT2D eigenvalue weighted by molar-refractivity contribution is 0.101. The summed E-state index contributed by atoms with van der Waals surface area (Å²) in [6, 6.07) is 10.4. The lowest BCUT2D eigenvalue weighted by Gasteiger charge is -2.11. The molecule has 0 radical (unpaired) electrons. The summed E-state index contributed by atoms with van der Waals surface area (Å²) in [7, 11) is 0. The number of phenolic OH excluding ortho intramolecular Hbond substituents is 1. The topological polar surface area (TPSA) is 120 Å². The molecule has 0 atom stereocenters. The average Bonchev–Trinajstić information content (AvgIpc) is 2.67. The maximum atomic E-state index is 11.4. The van der Waals surface area contributed by atoms with E-state index in [2.05, 4.69) is 21.0 Å². The fourth-order valence-corrected chi connectivity index (χ4v) is 2.77. The van der Waals surface area contributed by atoms with Crippen molar-refractivity contribution in [2.24, 2.45) is 16.7 Å². The summed E-state index contributed by atoms with van der Waals surface area (Å²) in [5.74, 6) is 6.32. The van der Waals surface area contributed by atoms with Crippen molar-refractivity contribution in [3.63, 3.8) is 0 Å². The van der Waals surface area contributed by atoms with Crippen LogP contribution in [-0.4, -0.2) is 29.9 Å². The highest BCUT2D eigenvalue weighted by atomic mass is 79.9. The standard InChI is InChI=1S/C19H22BrN3O4/c1-12(24)15-8-9-16(17(20)18(15)25)27-11-3-2-10-26-14-6-4-13(5-7-14)19(21)23-22/h4-9,25H,2-3,10-11,22H2,1H3,(H2,21,23). The van der Waals surface area contributed by atoms with Gasteiger partial charge in [0, 0.05) is 5.56 Å². The number of nitrogens with two attached hydrogens (primary N) is 2. The molecule has 0 aliphatic carbocycles.